The number of hydrogen-bond donors (Lipinski definition) is 1. The number of hydrogen-bond acceptors (Lipinski definition) is 3. The fraction of sp³-hybridized carbons (Fsp3) is 0.538. The Hall–Kier alpha value is -1.33. The molecule has 0 aliphatic rings. The van der Waals surface area contributed by atoms with Crippen LogP contribution in [0.25, 0.3) is 0 Å². The molecule has 1 unspecified atom stereocenters. The number of rotatable bonds is 4. The highest BCUT2D eigenvalue weighted by molar-refractivity contribution is 6.30. The summed E-state index contributed by atoms with van der Waals surface area (Å²) in [4.78, 5) is 0. The summed E-state index contributed by atoms with van der Waals surface area (Å²) < 4.78 is 3.45. The second-order valence-corrected chi connectivity index (χ2v) is 5.37. The zero-order valence-electron chi connectivity index (χ0n) is 11.6. The van der Waals surface area contributed by atoms with Gasteiger partial charge in [0.15, 0.2) is 0 Å². The molecule has 0 radical (unpaired) electrons. The van der Waals surface area contributed by atoms with E-state index in [4.69, 9.17) is 11.6 Å². The van der Waals surface area contributed by atoms with E-state index in [1.165, 1.54) is 0 Å². The van der Waals surface area contributed by atoms with Crippen LogP contribution in [0.3, 0.4) is 0 Å². The Morgan fingerprint density at radius 1 is 1.37 bits per heavy atom. The number of aryl methyl sites for hydroxylation is 2. The van der Waals surface area contributed by atoms with Crippen molar-refractivity contribution in [3.8, 4) is 0 Å². The predicted molar refractivity (Wildman–Crippen MR) is 74.2 cm³/mol. The SMILES string of the molecule is Cc1nn(C)c(Cl)c1C(O)Cc1ccn(C(C)C)n1. The van der Waals surface area contributed by atoms with E-state index >= 15 is 0 Å². The van der Waals surface area contributed by atoms with Crippen molar-refractivity contribution in [2.24, 2.45) is 7.05 Å². The van der Waals surface area contributed by atoms with Gasteiger partial charge in [-0.2, -0.15) is 10.2 Å². The monoisotopic (exact) mass is 282 g/mol. The first-order valence-corrected chi connectivity index (χ1v) is 6.69. The molecule has 1 N–H and O–H groups in total. The Bertz CT molecular complexity index is 573. The number of aromatic nitrogens is 4. The molecule has 0 fully saturated rings. The minimum Gasteiger partial charge on any atom is -0.388 e. The van der Waals surface area contributed by atoms with Crippen LogP contribution in [0.2, 0.25) is 5.15 Å². The van der Waals surface area contributed by atoms with Crippen LogP contribution in [0.15, 0.2) is 12.3 Å². The van der Waals surface area contributed by atoms with Crippen molar-refractivity contribution >= 4 is 11.6 Å². The van der Waals surface area contributed by atoms with Crippen molar-refractivity contribution in [2.45, 2.75) is 39.3 Å². The maximum atomic E-state index is 10.3. The summed E-state index contributed by atoms with van der Waals surface area (Å²) in [7, 11) is 1.76. The lowest BCUT2D eigenvalue weighted by Crippen LogP contribution is -2.06. The lowest BCUT2D eigenvalue weighted by Gasteiger charge is -2.09. The van der Waals surface area contributed by atoms with Crippen molar-refractivity contribution in [1.29, 1.82) is 0 Å². The molecular weight excluding hydrogens is 264 g/mol. The smallest absolute Gasteiger partial charge is 0.132 e. The highest BCUT2D eigenvalue weighted by atomic mass is 35.5. The van der Waals surface area contributed by atoms with Crippen molar-refractivity contribution in [2.75, 3.05) is 0 Å². The van der Waals surface area contributed by atoms with Crippen molar-refractivity contribution < 1.29 is 5.11 Å². The van der Waals surface area contributed by atoms with Crippen LogP contribution in [0.5, 0.6) is 0 Å². The van der Waals surface area contributed by atoms with E-state index in [1.54, 1.807) is 11.7 Å². The summed E-state index contributed by atoms with van der Waals surface area (Å²) in [6, 6.07) is 2.23. The summed E-state index contributed by atoms with van der Waals surface area (Å²) in [6.07, 6.45) is 1.67. The van der Waals surface area contributed by atoms with Gasteiger partial charge in [-0.3, -0.25) is 9.36 Å². The van der Waals surface area contributed by atoms with Crippen LogP contribution in [0.1, 0.15) is 42.9 Å². The quantitative estimate of drug-likeness (QED) is 0.937. The van der Waals surface area contributed by atoms with Crippen LogP contribution in [-0.2, 0) is 13.5 Å². The Kier molecular flexibility index (Phi) is 3.96. The molecule has 0 aliphatic carbocycles. The van der Waals surface area contributed by atoms with Gasteiger partial charge in [-0.1, -0.05) is 11.6 Å². The Morgan fingerprint density at radius 3 is 2.53 bits per heavy atom. The van der Waals surface area contributed by atoms with Crippen LogP contribution >= 0.6 is 11.6 Å². The molecule has 0 aliphatic heterocycles. The second kappa shape index (κ2) is 5.35. The third-order valence-corrected chi connectivity index (χ3v) is 3.57. The van der Waals surface area contributed by atoms with Gasteiger partial charge in [-0.15, -0.1) is 0 Å². The van der Waals surface area contributed by atoms with E-state index in [0.29, 0.717) is 23.2 Å². The molecule has 0 amide bonds. The standard InChI is InChI=1S/C13H19ClN4O/c1-8(2)18-6-5-10(16-18)7-11(19)12-9(3)15-17(4)13(12)14/h5-6,8,11,19H,7H2,1-4H3. The third-order valence-electron chi connectivity index (χ3n) is 3.12. The van der Waals surface area contributed by atoms with E-state index < -0.39 is 6.10 Å². The van der Waals surface area contributed by atoms with Crippen molar-refractivity contribution in [3.63, 3.8) is 0 Å². The van der Waals surface area contributed by atoms with Gasteiger partial charge in [0.05, 0.1) is 17.5 Å². The van der Waals surface area contributed by atoms with Gasteiger partial charge in [0.1, 0.15) is 5.15 Å². The molecule has 1 atom stereocenters. The molecule has 2 rings (SSSR count). The van der Waals surface area contributed by atoms with E-state index in [9.17, 15) is 5.11 Å². The maximum Gasteiger partial charge on any atom is 0.132 e. The topological polar surface area (TPSA) is 55.9 Å². The van der Waals surface area contributed by atoms with E-state index in [0.717, 1.165) is 11.4 Å². The molecule has 104 valence electrons. The molecule has 6 heteroatoms. The van der Waals surface area contributed by atoms with Crippen molar-refractivity contribution in [3.05, 3.63) is 34.4 Å². The highest BCUT2D eigenvalue weighted by Gasteiger charge is 2.20. The van der Waals surface area contributed by atoms with E-state index in [1.807, 2.05) is 23.9 Å². The summed E-state index contributed by atoms with van der Waals surface area (Å²) in [5.74, 6) is 0. The first kappa shape index (κ1) is 14.1. The number of halogens is 1. The van der Waals surface area contributed by atoms with Crippen molar-refractivity contribution in [1.82, 2.24) is 19.6 Å². The molecule has 19 heavy (non-hydrogen) atoms. The van der Waals surface area contributed by atoms with E-state index in [-0.39, 0.29) is 0 Å². The Labute approximate surface area is 117 Å². The maximum absolute atomic E-state index is 10.3. The molecule has 0 bridgehead atoms. The molecule has 0 saturated heterocycles. The van der Waals surface area contributed by atoms with Crippen LogP contribution < -0.4 is 0 Å². The summed E-state index contributed by atoms with van der Waals surface area (Å²) in [5, 5.41) is 19.4. The summed E-state index contributed by atoms with van der Waals surface area (Å²) >= 11 is 6.15. The molecule has 2 aromatic rings. The van der Waals surface area contributed by atoms with Gasteiger partial charge in [-0.05, 0) is 26.8 Å². The fourth-order valence-corrected chi connectivity index (χ4v) is 2.40. The summed E-state index contributed by atoms with van der Waals surface area (Å²) in [5.41, 5.74) is 2.28. The predicted octanol–water partition coefficient (Wildman–Crippen LogP) is 2.44. The third kappa shape index (κ3) is 2.82. The number of nitrogens with zero attached hydrogens (tertiary/aromatic N) is 4. The summed E-state index contributed by atoms with van der Waals surface area (Å²) in [6.45, 7) is 5.97. The largest absolute Gasteiger partial charge is 0.388 e. The minimum atomic E-state index is -0.684. The van der Waals surface area contributed by atoms with Gasteiger partial charge in [0.25, 0.3) is 0 Å². The lowest BCUT2D eigenvalue weighted by molar-refractivity contribution is 0.176. The number of aliphatic hydroxyl groups is 1. The van der Waals surface area contributed by atoms with Gasteiger partial charge < -0.3 is 5.11 Å². The highest BCUT2D eigenvalue weighted by Crippen LogP contribution is 2.27. The average Bonchev–Trinajstić information content (AvgIpc) is 2.85. The molecule has 0 aromatic carbocycles. The molecule has 0 spiro atoms. The molecule has 5 nitrogen and oxygen atoms in total. The zero-order valence-corrected chi connectivity index (χ0v) is 12.4. The average molecular weight is 283 g/mol. The second-order valence-electron chi connectivity index (χ2n) is 5.01. The lowest BCUT2D eigenvalue weighted by atomic mass is 10.1. The Balaban J connectivity index is 2.18. The molecule has 0 saturated carbocycles. The van der Waals surface area contributed by atoms with Gasteiger partial charge in [0.2, 0.25) is 0 Å². The Morgan fingerprint density at radius 2 is 2.05 bits per heavy atom. The normalized spacial score (nSPS) is 13.2. The fourth-order valence-electron chi connectivity index (χ4n) is 2.10. The van der Waals surface area contributed by atoms with Gasteiger partial charge in [0, 0.05) is 31.3 Å². The minimum absolute atomic E-state index is 0.314. The van der Waals surface area contributed by atoms with Crippen LogP contribution in [0, 0.1) is 6.92 Å². The van der Waals surface area contributed by atoms with Crippen LogP contribution in [0.4, 0.5) is 0 Å². The van der Waals surface area contributed by atoms with Gasteiger partial charge >= 0.3 is 0 Å². The van der Waals surface area contributed by atoms with Crippen LogP contribution in [-0.4, -0.2) is 24.7 Å². The zero-order chi connectivity index (χ0) is 14.2. The molecular formula is C13H19ClN4O. The number of aliphatic hydroxyl groups excluding tert-OH is 1. The van der Waals surface area contributed by atoms with Gasteiger partial charge in [-0.25, -0.2) is 0 Å². The van der Waals surface area contributed by atoms with E-state index in [2.05, 4.69) is 24.0 Å². The first-order chi connectivity index (χ1) is 8.90. The molecule has 2 heterocycles. The first-order valence-electron chi connectivity index (χ1n) is 6.31. The molecule has 2 aromatic heterocycles.